The minimum atomic E-state index is -0.370. The van der Waals surface area contributed by atoms with Gasteiger partial charge in [-0.15, -0.1) is 0 Å². The molecule has 1 aliphatic heterocycles. The number of amides is 1. The topological polar surface area (TPSA) is 50.8 Å². The van der Waals surface area contributed by atoms with E-state index in [1.54, 1.807) is 0 Å². The maximum atomic E-state index is 12.9. The van der Waals surface area contributed by atoms with E-state index < -0.39 is 0 Å². The van der Waals surface area contributed by atoms with Crippen molar-refractivity contribution in [3.8, 4) is 11.5 Å². The summed E-state index contributed by atoms with van der Waals surface area (Å²) in [6, 6.07) is 12.9. The second-order valence-electron chi connectivity index (χ2n) is 6.11. The first-order valence-electron chi connectivity index (χ1n) is 8.18. The maximum absolute atomic E-state index is 12.9. The Kier molecular flexibility index (Phi) is 5.19. The molecule has 2 aromatic rings. The number of hydrogen-bond acceptors (Lipinski definition) is 4. The van der Waals surface area contributed by atoms with Crippen LogP contribution in [-0.2, 0) is 4.79 Å². The summed E-state index contributed by atoms with van der Waals surface area (Å²) in [6.45, 7) is 2.80. The highest BCUT2D eigenvalue weighted by molar-refractivity contribution is 5.94. The molecular weight excluding hydrogens is 323 g/mol. The minimum absolute atomic E-state index is 0.152. The average molecular weight is 344 g/mol. The van der Waals surface area contributed by atoms with Crippen LogP contribution in [0, 0.1) is 5.82 Å². The Hall–Kier alpha value is -2.60. The summed E-state index contributed by atoms with van der Waals surface area (Å²) in [6.07, 6.45) is -0.152. The van der Waals surface area contributed by atoms with E-state index >= 15 is 0 Å². The number of halogens is 1. The average Bonchev–Trinajstić information content (AvgIpc) is 2.62. The fourth-order valence-corrected chi connectivity index (χ4v) is 2.61. The molecule has 2 atom stereocenters. The lowest BCUT2D eigenvalue weighted by Gasteiger charge is -2.31. The van der Waals surface area contributed by atoms with Gasteiger partial charge in [0.05, 0.1) is 6.04 Å². The second-order valence-corrected chi connectivity index (χ2v) is 6.11. The lowest BCUT2D eigenvalue weighted by Crippen LogP contribution is -2.46. The van der Waals surface area contributed by atoms with Crippen LogP contribution in [0.5, 0.6) is 11.5 Å². The Morgan fingerprint density at radius 3 is 2.64 bits per heavy atom. The number of carbonyl (C=O) groups excluding carboxylic acids is 1. The smallest absolute Gasteiger partial charge is 0.241 e. The summed E-state index contributed by atoms with van der Waals surface area (Å²) in [5.74, 6) is 0.961. The first-order chi connectivity index (χ1) is 12.0. The van der Waals surface area contributed by atoms with Crippen molar-refractivity contribution in [3.05, 3.63) is 54.3 Å². The molecule has 1 heterocycles. The van der Waals surface area contributed by atoms with Crippen LogP contribution in [0.3, 0.4) is 0 Å². The van der Waals surface area contributed by atoms with E-state index in [1.165, 1.54) is 24.3 Å². The second kappa shape index (κ2) is 7.53. The zero-order valence-electron chi connectivity index (χ0n) is 14.2. The number of rotatable bonds is 5. The third-order valence-corrected chi connectivity index (χ3v) is 4.21. The van der Waals surface area contributed by atoms with Crippen molar-refractivity contribution in [1.29, 1.82) is 0 Å². The summed E-state index contributed by atoms with van der Waals surface area (Å²) in [7, 11) is 1.86. The van der Waals surface area contributed by atoms with Gasteiger partial charge in [-0.1, -0.05) is 12.1 Å². The van der Waals surface area contributed by atoms with Crippen LogP contribution < -0.4 is 14.8 Å². The van der Waals surface area contributed by atoms with E-state index in [9.17, 15) is 9.18 Å². The number of likely N-dealkylation sites (N-methyl/N-ethyl adjacent to an activating group) is 1. The van der Waals surface area contributed by atoms with Gasteiger partial charge in [-0.3, -0.25) is 9.69 Å². The van der Waals surface area contributed by atoms with Crippen LogP contribution in [0.15, 0.2) is 48.5 Å². The molecule has 0 bridgehead atoms. The number of ether oxygens (including phenoxy) is 2. The molecule has 1 N–H and O–H groups in total. The molecule has 0 aromatic heterocycles. The van der Waals surface area contributed by atoms with E-state index in [0.29, 0.717) is 18.8 Å². The van der Waals surface area contributed by atoms with Crippen LogP contribution in [0.2, 0.25) is 0 Å². The van der Waals surface area contributed by atoms with Gasteiger partial charge in [0.25, 0.3) is 0 Å². The highest BCUT2D eigenvalue weighted by Gasteiger charge is 2.26. The highest BCUT2D eigenvalue weighted by atomic mass is 19.1. The van der Waals surface area contributed by atoms with Crippen molar-refractivity contribution in [2.24, 2.45) is 0 Å². The van der Waals surface area contributed by atoms with Crippen molar-refractivity contribution in [2.45, 2.75) is 19.1 Å². The van der Waals surface area contributed by atoms with Gasteiger partial charge in [0.1, 0.15) is 18.5 Å². The van der Waals surface area contributed by atoms with Crippen LogP contribution >= 0.6 is 0 Å². The summed E-state index contributed by atoms with van der Waals surface area (Å²) in [5.41, 5.74) is 0.567. The van der Waals surface area contributed by atoms with Gasteiger partial charge in [-0.25, -0.2) is 4.39 Å². The molecule has 0 fully saturated rings. The van der Waals surface area contributed by atoms with Crippen molar-refractivity contribution in [2.75, 3.05) is 25.5 Å². The molecule has 25 heavy (non-hydrogen) atoms. The number of nitrogens with one attached hydrogen (secondary N) is 1. The van der Waals surface area contributed by atoms with Crippen molar-refractivity contribution < 1.29 is 18.7 Å². The fourth-order valence-electron chi connectivity index (χ4n) is 2.61. The Morgan fingerprint density at radius 2 is 1.92 bits per heavy atom. The molecule has 5 nitrogen and oxygen atoms in total. The molecule has 132 valence electrons. The Balaban J connectivity index is 1.54. The molecule has 0 aliphatic carbocycles. The van der Waals surface area contributed by atoms with Gasteiger partial charge in [-0.2, -0.15) is 0 Å². The number of para-hydroxylation sites is 2. The van der Waals surface area contributed by atoms with Gasteiger partial charge in [-0.05, 0) is 50.4 Å². The molecule has 0 unspecified atom stereocenters. The third kappa shape index (κ3) is 4.28. The molecule has 2 aromatic carbocycles. The number of fused-ring (bicyclic) bond motifs is 1. The zero-order valence-corrected chi connectivity index (χ0v) is 14.2. The van der Waals surface area contributed by atoms with Gasteiger partial charge in [0, 0.05) is 12.2 Å². The summed E-state index contributed by atoms with van der Waals surface area (Å²) < 4.78 is 24.6. The molecular formula is C19H21FN2O3. The molecule has 3 rings (SSSR count). The lowest BCUT2D eigenvalue weighted by molar-refractivity contribution is -0.120. The van der Waals surface area contributed by atoms with Gasteiger partial charge >= 0.3 is 0 Å². The monoisotopic (exact) mass is 344 g/mol. The van der Waals surface area contributed by atoms with Crippen molar-refractivity contribution >= 4 is 11.6 Å². The Labute approximate surface area is 146 Å². The van der Waals surface area contributed by atoms with E-state index in [0.717, 1.165) is 11.5 Å². The third-order valence-electron chi connectivity index (χ3n) is 4.21. The first kappa shape index (κ1) is 17.2. The van der Waals surface area contributed by atoms with Gasteiger partial charge in [0.2, 0.25) is 5.91 Å². The number of hydrogen-bond donors (Lipinski definition) is 1. The molecule has 1 amide bonds. The Bertz CT molecular complexity index is 736. The van der Waals surface area contributed by atoms with Crippen LogP contribution in [0.4, 0.5) is 10.1 Å². The molecule has 6 heteroatoms. The normalized spacial score (nSPS) is 17.2. The van der Waals surface area contributed by atoms with Gasteiger partial charge < -0.3 is 14.8 Å². The minimum Gasteiger partial charge on any atom is -0.486 e. The van der Waals surface area contributed by atoms with E-state index in [1.807, 2.05) is 43.1 Å². The summed E-state index contributed by atoms with van der Waals surface area (Å²) in [4.78, 5) is 14.3. The number of benzene rings is 2. The van der Waals surface area contributed by atoms with Crippen molar-refractivity contribution in [1.82, 2.24) is 4.90 Å². The van der Waals surface area contributed by atoms with Crippen LogP contribution in [-0.4, -0.2) is 43.2 Å². The fraction of sp³-hybridized carbons (Fsp3) is 0.316. The molecule has 0 saturated heterocycles. The zero-order chi connectivity index (χ0) is 17.8. The number of carbonyl (C=O) groups is 1. The first-order valence-corrected chi connectivity index (χ1v) is 8.18. The molecule has 0 saturated carbocycles. The van der Waals surface area contributed by atoms with Gasteiger partial charge in [0.15, 0.2) is 11.5 Å². The van der Waals surface area contributed by atoms with E-state index in [4.69, 9.17) is 9.47 Å². The standard InChI is InChI=1S/C19H21FN2O3/c1-13(19(23)21-15-9-7-14(20)8-10-15)22(2)11-16-12-24-17-5-3-4-6-18(17)25-16/h3-10,13,16H,11-12H2,1-2H3,(H,21,23)/t13-,16-/m1/s1. The molecule has 0 radical (unpaired) electrons. The van der Waals surface area contributed by atoms with Crippen LogP contribution in [0.25, 0.3) is 0 Å². The lowest BCUT2D eigenvalue weighted by atomic mass is 10.2. The highest BCUT2D eigenvalue weighted by Crippen LogP contribution is 2.31. The van der Waals surface area contributed by atoms with E-state index in [2.05, 4.69) is 5.32 Å². The van der Waals surface area contributed by atoms with E-state index in [-0.39, 0.29) is 23.9 Å². The number of nitrogens with zero attached hydrogens (tertiary/aromatic N) is 1. The summed E-state index contributed by atoms with van der Waals surface area (Å²) in [5, 5.41) is 2.78. The molecule has 1 aliphatic rings. The maximum Gasteiger partial charge on any atom is 0.241 e. The SMILES string of the molecule is C[C@H](C(=O)Nc1ccc(F)cc1)N(C)C[C@@H]1COc2ccccc2O1. The van der Waals surface area contributed by atoms with Crippen LogP contribution in [0.1, 0.15) is 6.92 Å². The molecule has 0 spiro atoms. The number of anilines is 1. The predicted molar refractivity (Wildman–Crippen MR) is 93.5 cm³/mol. The largest absolute Gasteiger partial charge is 0.486 e. The summed E-state index contributed by atoms with van der Waals surface area (Å²) >= 11 is 0. The predicted octanol–water partition coefficient (Wildman–Crippen LogP) is 2.92. The quantitative estimate of drug-likeness (QED) is 0.906. The van der Waals surface area contributed by atoms with Crippen molar-refractivity contribution in [3.63, 3.8) is 0 Å². The Morgan fingerprint density at radius 1 is 1.24 bits per heavy atom.